The Labute approximate surface area is 185 Å². The average Bonchev–Trinajstić information content (AvgIpc) is 3.46. The van der Waals surface area contributed by atoms with Crippen LogP contribution in [0.3, 0.4) is 0 Å². The fourth-order valence-corrected chi connectivity index (χ4v) is 4.67. The second kappa shape index (κ2) is 8.16. The number of benzene rings is 2. The highest BCUT2D eigenvalue weighted by Crippen LogP contribution is 2.32. The first-order valence-electron chi connectivity index (χ1n) is 11.0. The van der Waals surface area contributed by atoms with Crippen molar-refractivity contribution in [3.05, 3.63) is 77.1 Å². The van der Waals surface area contributed by atoms with Crippen molar-refractivity contribution in [2.45, 2.75) is 26.2 Å². The fraction of sp³-hybridized carbons (Fsp3) is 0.280. The summed E-state index contributed by atoms with van der Waals surface area (Å²) in [4.78, 5) is 29.7. The van der Waals surface area contributed by atoms with E-state index in [1.807, 2.05) is 43.3 Å². The highest BCUT2D eigenvalue weighted by molar-refractivity contribution is 5.85. The van der Waals surface area contributed by atoms with Gasteiger partial charge in [-0.25, -0.2) is 14.5 Å². The Hall–Kier alpha value is -3.58. The van der Waals surface area contributed by atoms with Crippen molar-refractivity contribution < 1.29 is 4.79 Å². The van der Waals surface area contributed by atoms with Crippen LogP contribution >= 0.6 is 0 Å². The molecule has 32 heavy (non-hydrogen) atoms. The van der Waals surface area contributed by atoms with Gasteiger partial charge in [0.2, 0.25) is 0 Å². The number of pyridine rings is 1. The zero-order valence-corrected chi connectivity index (χ0v) is 18.0. The van der Waals surface area contributed by atoms with Crippen LogP contribution in [-0.2, 0) is 11.2 Å². The van der Waals surface area contributed by atoms with Gasteiger partial charge in [-0.3, -0.25) is 9.78 Å². The maximum atomic E-state index is 12.7. The number of hydrogen-bond donors (Lipinski definition) is 2. The predicted molar refractivity (Wildman–Crippen MR) is 124 cm³/mol. The van der Waals surface area contributed by atoms with Crippen LogP contribution < -0.4 is 11.0 Å². The van der Waals surface area contributed by atoms with Gasteiger partial charge in [0.15, 0.2) is 0 Å². The van der Waals surface area contributed by atoms with Gasteiger partial charge in [0, 0.05) is 36.4 Å². The maximum Gasteiger partial charge on any atom is 0.347 e. The normalized spacial score (nSPS) is 18.3. The number of rotatable bonds is 6. The molecule has 0 aliphatic carbocycles. The molecule has 0 amide bonds. The number of fused-ring (bicyclic) bond motifs is 1. The minimum atomic E-state index is -0.504. The molecule has 1 fully saturated rings. The standard InChI is InChI=1S/C25H25N5O2/c1-2-22(31)25(11-13-26-16-25)15-23-28-29-24(32)30(23)20-9-7-17(8-10-20)19-6-5-18-4-3-12-27-21(18)14-19/h3-10,12,14,26H,2,11,13,15-16H2,1H3,(H,29,32)/t25-/m0/s1. The predicted octanol–water partition coefficient (Wildman–Crippen LogP) is 3.28. The van der Waals surface area contributed by atoms with Gasteiger partial charge in [0.1, 0.15) is 11.6 Å². The number of Topliss-reactive ketones (excluding diaryl/α,β-unsaturated/α-hetero) is 1. The van der Waals surface area contributed by atoms with Crippen molar-refractivity contribution in [3.63, 3.8) is 0 Å². The van der Waals surface area contributed by atoms with Crippen molar-refractivity contribution >= 4 is 16.7 Å². The third-order valence-electron chi connectivity index (χ3n) is 6.46. The van der Waals surface area contributed by atoms with E-state index in [1.165, 1.54) is 0 Å². The van der Waals surface area contributed by atoms with Crippen LogP contribution in [0.4, 0.5) is 0 Å². The summed E-state index contributed by atoms with van der Waals surface area (Å²) in [5.74, 6) is 0.799. The lowest BCUT2D eigenvalue weighted by atomic mass is 9.78. The summed E-state index contributed by atoms with van der Waals surface area (Å²) in [6, 6.07) is 18.0. The smallest absolute Gasteiger partial charge is 0.316 e. The molecule has 0 radical (unpaired) electrons. The molecule has 0 spiro atoms. The van der Waals surface area contributed by atoms with Gasteiger partial charge in [0.25, 0.3) is 0 Å². The first-order chi connectivity index (χ1) is 15.6. The third-order valence-corrected chi connectivity index (χ3v) is 6.46. The molecule has 4 aromatic rings. The quantitative estimate of drug-likeness (QED) is 0.493. The fourth-order valence-electron chi connectivity index (χ4n) is 4.67. The van der Waals surface area contributed by atoms with Crippen molar-refractivity contribution in [3.8, 4) is 16.8 Å². The van der Waals surface area contributed by atoms with Gasteiger partial charge < -0.3 is 5.32 Å². The Morgan fingerprint density at radius 2 is 1.94 bits per heavy atom. The molecule has 1 aliphatic heterocycles. The van der Waals surface area contributed by atoms with Gasteiger partial charge in [-0.05, 0) is 48.4 Å². The molecule has 2 aromatic carbocycles. The molecule has 2 aromatic heterocycles. The molecule has 0 bridgehead atoms. The number of aromatic nitrogens is 4. The van der Waals surface area contributed by atoms with Crippen molar-refractivity contribution in [2.24, 2.45) is 5.41 Å². The molecule has 1 atom stereocenters. The van der Waals surface area contributed by atoms with Crippen LogP contribution in [0.5, 0.6) is 0 Å². The van der Waals surface area contributed by atoms with E-state index in [0.29, 0.717) is 25.2 Å². The van der Waals surface area contributed by atoms with E-state index >= 15 is 0 Å². The lowest BCUT2D eigenvalue weighted by molar-refractivity contribution is -0.127. The number of carbonyl (C=O) groups excluding carboxylic acids is 1. The zero-order valence-electron chi connectivity index (χ0n) is 18.0. The largest absolute Gasteiger partial charge is 0.347 e. The molecule has 0 unspecified atom stereocenters. The summed E-state index contributed by atoms with van der Waals surface area (Å²) >= 11 is 0. The first kappa shape index (κ1) is 20.3. The SMILES string of the molecule is CCC(=O)[C@]1(Cc2n[nH]c(=O)n2-c2ccc(-c3ccc4cccnc4c3)cc2)CCNC1. The summed E-state index contributed by atoms with van der Waals surface area (Å²) in [5, 5.41) is 11.2. The minimum Gasteiger partial charge on any atom is -0.316 e. The molecule has 5 rings (SSSR count). The Bertz CT molecular complexity index is 1330. The van der Waals surface area contributed by atoms with Crippen molar-refractivity contribution in [1.29, 1.82) is 0 Å². The van der Waals surface area contributed by atoms with Crippen LogP contribution in [0, 0.1) is 5.41 Å². The third kappa shape index (κ3) is 3.54. The van der Waals surface area contributed by atoms with Gasteiger partial charge in [-0.2, -0.15) is 5.10 Å². The first-order valence-corrected chi connectivity index (χ1v) is 11.0. The van der Waals surface area contributed by atoms with Gasteiger partial charge in [-0.1, -0.05) is 37.3 Å². The molecule has 7 nitrogen and oxygen atoms in total. The molecule has 7 heteroatoms. The molecule has 2 N–H and O–H groups in total. The van der Waals surface area contributed by atoms with Crippen molar-refractivity contribution in [1.82, 2.24) is 25.1 Å². The average molecular weight is 428 g/mol. The summed E-state index contributed by atoms with van der Waals surface area (Å²) in [5.41, 5.74) is 2.97. The lowest BCUT2D eigenvalue weighted by Gasteiger charge is -2.25. The molecule has 1 saturated heterocycles. The number of nitrogens with zero attached hydrogens (tertiary/aromatic N) is 3. The van der Waals surface area contributed by atoms with Crippen LogP contribution in [0.25, 0.3) is 27.7 Å². The molecular formula is C25H25N5O2. The minimum absolute atomic E-state index is 0.213. The number of hydrogen-bond acceptors (Lipinski definition) is 5. The van der Waals surface area contributed by atoms with E-state index in [4.69, 9.17) is 0 Å². The Kier molecular flexibility index (Phi) is 5.19. The topological polar surface area (TPSA) is 92.7 Å². The summed E-state index contributed by atoms with van der Waals surface area (Å²) in [6.07, 6.45) is 3.46. The lowest BCUT2D eigenvalue weighted by Crippen LogP contribution is -2.36. The van der Waals surface area contributed by atoms with Crippen LogP contribution in [0.1, 0.15) is 25.6 Å². The molecule has 1 aliphatic rings. The molecule has 0 saturated carbocycles. The molecular weight excluding hydrogens is 402 g/mol. The van der Waals surface area contributed by atoms with Crippen LogP contribution in [-0.4, -0.2) is 38.6 Å². The molecule has 3 heterocycles. The zero-order chi connectivity index (χ0) is 22.1. The number of ketones is 1. The van der Waals surface area contributed by atoms with Crippen LogP contribution in [0.2, 0.25) is 0 Å². The Morgan fingerprint density at radius 1 is 1.12 bits per heavy atom. The summed E-state index contributed by atoms with van der Waals surface area (Å²) in [7, 11) is 0. The van der Waals surface area contributed by atoms with Gasteiger partial charge in [0.05, 0.1) is 11.2 Å². The van der Waals surface area contributed by atoms with Crippen LogP contribution in [0.15, 0.2) is 65.6 Å². The monoisotopic (exact) mass is 427 g/mol. The van der Waals surface area contributed by atoms with E-state index in [2.05, 4.69) is 38.7 Å². The summed E-state index contributed by atoms with van der Waals surface area (Å²) in [6.45, 7) is 3.31. The van der Waals surface area contributed by atoms with E-state index in [0.717, 1.165) is 40.7 Å². The Balaban J connectivity index is 1.47. The Morgan fingerprint density at radius 3 is 2.69 bits per heavy atom. The maximum absolute atomic E-state index is 12.7. The highest BCUT2D eigenvalue weighted by atomic mass is 16.2. The van der Waals surface area contributed by atoms with E-state index < -0.39 is 5.41 Å². The number of aromatic amines is 1. The van der Waals surface area contributed by atoms with E-state index in [9.17, 15) is 9.59 Å². The van der Waals surface area contributed by atoms with Crippen molar-refractivity contribution in [2.75, 3.05) is 13.1 Å². The second-order valence-corrected chi connectivity index (χ2v) is 8.40. The van der Waals surface area contributed by atoms with E-state index in [-0.39, 0.29) is 11.5 Å². The number of nitrogens with one attached hydrogen (secondary N) is 2. The second-order valence-electron chi connectivity index (χ2n) is 8.40. The summed E-state index contributed by atoms with van der Waals surface area (Å²) < 4.78 is 1.58. The van der Waals surface area contributed by atoms with Gasteiger partial charge >= 0.3 is 5.69 Å². The van der Waals surface area contributed by atoms with Gasteiger partial charge in [-0.15, -0.1) is 0 Å². The highest BCUT2D eigenvalue weighted by Gasteiger charge is 2.41. The number of carbonyl (C=O) groups is 1. The molecule has 162 valence electrons. The van der Waals surface area contributed by atoms with E-state index in [1.54, 1.807) is 10.8 Å². The number of H-pyrrole nitrogens is 1.